The molecule has 1 aromatic carbocycles. The second kappa shape index (κ2) is 5.87. The van der Waals surface area contributed by atoms with Crippen LogP contribution in [0.3, 0.4) is 0 Å². The number of aromatic nitrogens is 2. The van der Waals surface area contributed by atoms with E-state index in [9.17, 15) is 9.18 Å². The summed E-state index contributed by atoms with van der Waals surface area (Å²) in [4.78, 5) is 16.8. The van der Waals surface area contributed by atoms with Crippen LogP contribution in [0, 0.1) is 12.7 Å². The Morgan fingerprint density at radius 1 is 1.29 bits per heavy atom. The van der Waals surface area contributed by atoms with E-state index in [2.05, 4.69) is 10.2 Å². The van der Waals surface area contributed by atoms with Crippen LogP contribution in [0.4, 0.5) is 4.39 Å². The Hall–Kier alpha value is -2.47. The lowest BCUT2D eigenvalue weighted by atomic mass is 9.94. The molecule has 6 heteroatoms. The summed E-state index contributed by atoms with van der Waals surface area (Å²) in [6.07, 6.45) is 0.888. The van der Waals surface area contributed by atoms with Gasteiger partial charge >= 0.3 is 0 Å². The first kappa shape index (κ1) is 15.1. The van der Waals surface area contributed by atoms with Crippen molar-refractivity contribution >= 4 is 17.2 Å². The number of rotatable bonds is 3. The summed E-state index contributed by atoms with van der Waals surface area (Å²) < 4.78 is 13.1. The predicted molar refractivity (Wildman–Crippen MR) is 91.4 cm³/mol. The van der Waals surface area contributed by atoms with Crippen molar-refractivity contribution in [3.63, 3.8) is 0 Å². The number of aryl methyl sites for hydroxylation is 1. The Labute approximate surface area is 142 Å². The maximum absolute atomic E-state index is 13.1. The van der Waals surface area contributed by atoms with E-state index in [0.717, 1.165) is 22.6 Å². The van der Waals surface area contributed by atoms with Crippen LogP contribution in [0.5, 0.6) is 0 Å². The second-order valence-electron chi connectivity index (χ2n) is 5.93. The van der Waals surface area contributed by atoms with Crippen molar-refractivity contribution in [2.45, 2.75) is 19.4 Å². The summed E-state index contributed by atoms with van der Waals surface area (Å²) in [5.41, 5.74) is 2.24. The zero-order chi connectivity index (χ0) is 16.7. The van der Waals surface area contributed by atoms with E-state index in [1.807, 2.05) is 19.1 Å². The van der Waals surface area contributed by atoms with Crippen LogP contribution in [0.25, 0.3) is 10.6 Å². The highest BCUT2D eigenvalue weighted by Crippen LogP contribution is 2.35. The monoisotopic (exact) mass is 341 g/mol. The van der Waals surface area contributed by atoms with Crippen molar-refractivity contribution in [3.05, 3.63) is 64.4 Å². The molecule has 1 saturated heterocycles. The predicted octanol–water partition coefficient (Wildman–Crippen LogP) is 4.17. The molecule has 3 heterocycles. The van der Waals surface area contributed by atoms with Crippen LogP contribution >= 0.6 is 11.3 Å². The van der Waals surface area contributed by atoms with Gasteiger partial charge in [-0.25, -0.2) is 4.39 Å². The molecule has 1 aliphatic heterocycles. The topological polar surface area (TPSA) is 49.0 Å². The Kier molecular flexibility index (Phi) is 3.69. The van der Waals surface area contributed by atoms with Crippen molar-refractivity contribution in [2.24, 2.45) is 0 Å². The third-order valence-corrected chi connectivity index (χ3v) is 5.37. The Balaban J connectivity index is 1.53. The number of aromatic amines is 1. The molecule has 0 unspecified atom stereocenters. The van der Waals surface area contributed by atoms with Crippen LogP contribution in [0.1, 0.15) is 33.4 Å². The number of hydrogen-bond acceptors (Lipinski definition) is 3. The van der Waals surface area contributed by atoms with Crippen molar-refractivity contribution in [3.8, 4) is 10.6 Å². The van der Waals surface area contributed by atoms with Crippen LogP contribution < -0.4 is 0 Å². The van der Waals surface area contributed by atoms with Crippen molar-refractivity contribution in [1.29, 1.82) is 0 Å². The molecule has 4 nitrogen and oxygen atoms in total. The molecule has 4 rings (SSSR count). The molecule has 2 aromatic heterocycles. The zero-order valence-corrected chi connectivity index (χ0v) is 13.9. The quantitative estimate of drug-likeness (QED) is 0.777. The van der Waals surface area contributed by atoms with Gasteiger partial charge in [0.15, 0.2) is 5.69 Å². The minimum absolute atomic E-state index is 0.00207. The SMILES string of the molecule is Cc1ccc(-c2cc(C(=O)N3CC[C@@H]3c3ccc(F)cc3)n[nH]2)s1. The van der Waals surface area contributed by atoms with E-state index < -0.39 is 0 Å². The number of thiophene rings is 1. The van der Waals surface area contributed by atoms with Gasteiger partial charge in [0.05, 0.1) is 16.6 Å². The molecule has 1 fully saturated rings. The van der Waals surface area contributed by atoms with Gasteiger partial charge in [-0.2, -0.15) is 5.10 Å². The first-order valence-corrected chi connectivity index (χ1v) is 8.62. The van der Waals surface area contributed by atoms with Gasteiger partial charge in [-0.3, -0.25) is 9.89 Å². The lowest BCUT2D eigenvalue weighted by molar-refractivity contribution is 0.0454. The average Bonchev–Trinajstić information content (AvgIpc) is 3.17. The van der Waals surface area contributed by atoms with E-state index in [-0.39, 0.29) is 17.8 Å². The van der Waals surface area contributed by atoms with Crippen LogP contribution in [0.15, 0.2) is 42.5 Å². The fraction of sp³-hybridized carbons (Fsp3) is 0.222. The number of halogens is 1. The minimum atomic E-state index is -0.265. The van der Waals surface area contributed by atoms with Crippen molar-refractivity contribution < 1.29 is 9.18 Å². The fourth-order valence-electron chi connectivity index (χ4n) is 2.95. The minimum Gasteiger partial charge on any atom is -0.330 e. The molecule has 1 N–H and O–H groups in total. The normalized spacial score (nSPS) is 16.9. The van der Waals surface area contributed by atoms with Crippen LogP contribution in [-0.4, -0.2) is 27.5 Å². The van der Waals surface area contributed by atoms with Gasteiger partial charge in [-0.1, -0.05) is 12.1 Å². The lowest BCUT2D eigenvalue weighted by Crippen LogP contribution is -2.45. The number of hydrogen-bond donors (Lipinski definition) is 1. The Morgan fingerprint density at radius 2 is 2.08 bits per heavy atom. The number of carbonyl (C=O) groups is 1. The molecular weight excluding hydrogens is 325 g/mol. The highest BCUT2D eigenvalue weighted by Gasteiger charge is 2.34. The summed E-state index contributed by atoms with van der Waals surface area (Å²) in [6.45, 7) is 2.74. The van der Waals surface area contributed by atoms with Gasteiger partial charge in [0.2, 0.25) is 0 Å². The molecule has 1 atom stereocenters. The van der Waals surface area contributed by atoms with E-state index >= 15 is 0 Å². The first-order chi connectivity index (χ1) is 11.6. The summed E-state index contributed by atoms with van der Waals surface area (Å²) in [6, 6.07) is 12.2. The number of likely N-dealkylation sites (tertiary alicyclic amines) is 1. The van der Waals surface area contributed by atoms with Gasteiger partial charge in [0.1, 0.15) is 5.82 Å². The average molecular weight is 341 g/mol. The fourth-order valence-corrected chi connectivity index (χ4v) is 3.78. The molecule has 0 spiro atoms. The van der Waals surface area contributed by atoms with Crippen LogP contribution in [-0.2, 0) is 0 Å². The van der Waals surface area contributed by atoms with E-state index in [1.54, 1.807) is 34.4 Å². The summed E-state index contributed by atoms with van der Waals surface area (Å²) in [5.74, 6) is -0.356. The molecular formula is C18H16FN3OS. The molecule has 1 amide bonds. The molecule has 0 bridgehead atoms. The molecule has 0 radical (unpaired) electrons. The largest absolute Gasteiger partial charge is 0.330 e. The first-order valence-electron chi connectivity index (χ1n) is 7.80. The molecule has 122 valence electrons. The van der Waals surface area contributed by atoms with Crippen molar-refractivity contribution in [2.75, 3.05) is 6.54 Å². The maximum atomic E-state index is 13.1. The third kappa shape index (κ3) is 2.63. The molecule has 24 heavy (non-hydrogen) atoms. The highest BCUT2D eigenvalue weighted by molar-refractivity contribution is 7.15. The van der Waals surface area contributed by atoms with Gasteiger partial charge in [0, 0.05) is 11.4 Å². The van der Waals surface area contributed by atoms with Gasteiger partial charge in [-0.05, 0) is 49.2 Å². The summed E-state index contributed by atoms with van der Waals surface area (Å²) >= 11 is 1.66. The molecule has 3 aromatic rings. The van der Waals surface area contributed by atoms with E-state index in [0.29, 0.717) is 12.2 Å². The number of nitrogens with zero attached hydrogens (tertiary/aromatic N) is 2. The third-order valence-electron chi connectivity index (χ3n) is 4.34. The number of amides is 1. The zero-order valence-electron chi connectivity index (χ0n) is 13.1. The summed E-state index contributed by atoms with van der Waals surface area (Å²) in [7, 11) is 0. The maximum Gasteiger partial charge on any atom is 0.274 e. The smallest absolute Gasteiger partial charge is 0.274 e. The van der Waals surface area contributed by atoms with E-state index in [1.165, 1.54) is 17.0 Å². The van der Waals surface area contributed by atoms with Crippen LogP contribution in [0.2, 0.25) is 0 Å². The van der Waals surface area contributed by atoms with E-state index in [4.69, 9.17) is 0 Å². The van der Waals surface area contributed by atoms with Gasteiger partial charge in [-0.15, -0.1) is 11.3 Å². The Morgan fingerprint density at radius 3 is 2.71 bits per heavy atom. The molecule has 1 aliphatic rings. The molecule has 0 saturated carbocycles. The Bertz CT molecular complexity index is 884. The number of benzene rings is 1. The van der Waals surface area contributed by atoms with Gasteiger partial charge in [0.25, 0.3) is 5.91 Å². The standard InChI is InChI=1S/C18H16FN3OS/c1-11-2-7-17(24-11)14-10-15(21-20-14)18(23)22-9-8-16(22)12-3-5-13(19)6-4-12/h2-7,10,16H,8-9H2,1H3,(H,20,21)/t16-/m1/s1. The number of carbonyl (C=O) groups excluding carboxylic acids is 1. The second-order valence-corrected chi connectivity index (χ2v) is 7.22. The highest BCUT2D eigenvalue weighted by atomic mass is 32.1. The number of nitrogens with one attached hydrogen (secondary N) is 1. The lowest BCUT2D eigenvalue weighted by Gasteiger charge is -2.41. The summed E-state index contributed by atoms with van der Waals surface area (Å²) in [5, 5.41) is 7.12. The molecule has 0 aliphatic carbocycles. The number of H-pyrrole nitrogens is 1. The van der Waals surface area contributed by atoms with Crippen molar-refractivity contribution in [1.82, 2.24) is 15.1 Å². The van der Waals surface area contributed by atoms with Gasteiger partial charge < -0.3 is 4.90 Å².